The molecule has 3 fully saturated rings. The first-order valence-electron chi connectivity index (χ1n) is 9.95. The third-order valence-corrected chi connectivity index (χ3v) is 6.53. The summed E-state index contributed by atoms with van der Waals surface area (Å²) in [5.41, 5.74) is 2.29. The van der Waals surface area contributed by atoms with E-state index in [4.69, 9.17) is 0 Å². The van der Waals surface area contributed by atoms with Gasteiger partial charge < -0.3 is 15.5 Å². The molecule has 9 heteroatoms. The number of benzene rings is 1. The summed E-state index contributed by atoms with van der Waals surface area (Å²) < 4.78 is 0. The van der Waals surface area contributed by atoms with Gasteiger partial charge in [0.2, 0.25) is 17.7 Å². The normalized spacial score (nSPS) is 26.2. The van der Waals surface area contributed by atoms with E-state index in [2.05, 4.69) is 20.9 Å². The fourth-order valence-electron chi connectivity index (χ4n) is 4.78. The van der Waals surface area contributed by atoms with Crippen LogP contribution in [-0.4, -0.2) is 71.2 Å². The highest BCUT2D eigenvalue weighted by Gasteiger charge is 2.47. The standard InChI is InChI=1S/C20H23N5O4/c26-15-5-4-14(18(28)23-15)25-7-13-3-1-2-12(17(13)19(25)29)6-24-8-16(27)22-11-20(24)9-21-10-20/h1-3,14,21H,4-11H2,(H,22,27)(H,23,26,28). The Hall–Kier alpha value is -2.78. The number of carbonyl (C=O) groups excluding carboxylic acids is 4. The van der Waals surface area contributed by atoms with Gasteiger partial charge in [0.25, 0.3) is 5.91 Å². The lowest BCUT2D eigenvalue weighted by Gasteiger charge is -2.53. The van der Waals surface area contributed by atoms with Gasteiger partial charge in [0.1, 0.15) is 6.04 Å². The van der Waals surface area contributed by atoms with Crippen molar-refractivity contribution in [2.75, 3.05) is 26.2 Å². The summed E-state index contributed by atoms with van der Waals surface area (Å²) in [6.07, 6.45) is 0.586. The van der Waals surface area contributed by atoms with Gasteiger partial charge in [-0.1, -0.05) is 18.2 Å². The zero-order valence-corrected chi connectivity index (χ0v) is 16.0. The van der Waals surface area contributed by atoms with Crippen LogP contribution in [0.15, 0.2) is 18.2 Å². The fourth-order valence-corrected chi connectivity index (χ4v) is 4.78. The smallest absolute Gasteiger partial charge is 0.255 e. The van der Waals surface area contributed by atoms with Crippen LogP contribution >= 0.6 is 0 Å². The minimum Gasteiger partial charge on any atom is -0.353 e. The molecule has 152 valence electrons. The first-order valence-corrected chi connectivity index (χ1v) is 9.95. The van der Waals surface area contributed by atoms with E-state index in [-0.39, 0.29) is 29.7 Å². The van der Waals surface area contributed by atoms with Gasteiger partial charge in [0.05, 0.1) is 12.1 Å². The molecular weight excluding hydrogens is 374 g/mol. The number of nitrogens with zero attached hydrogens (tertiary/aromatic N) is 2. The molecule has 9 nitrogen and oxygen atoms in total. The Morgan fingerprint density at radius 2 is 1.86 bits per heavy atom. The quantitative estimate of drug-likeness (QED) is 0.548. The summed E-state index contributed by atoms with van der Waals surface area (Å²) in [6.45, 7) is 3.38. The number of carbonyl (C=O) groups is 4. The molecule has 4 heterocycles. The molecule has 0 aliphatic carbocycles. The molecule has 1 atom stereocenters. The maximum absolute atomic E-state index is 13.2. The first-order chi connectivity index (χ1) is 14.0. The van der Waals surface area contributed by atoms with Gasteiger partial charge in [0.15, 0.2) is 0 Å². The molecule has 1 unspecified atom stereocenters. The first kappa shape index (κ1) is 18.3. The number of piperazine rings is 1. The molecular formula is C20H23N5O4. The van der Waals surface area contributed by atoms with Crippen molar-refractivity contribution in [3.05, 3.63) is 34.9 Å². The van der Waals surface area contributed by atoms with Crippen molar-refractivity contribution in [3.63, 3.8) is 0 Å². The Kier molecular flexibility index (Phi) is 4.18. The summed E-state index contributed by atoms with van der Waals surface area (Å²) >= 11 is 0. The molecule has 0 radical (unpaired) electrons. The molecule has 5 rings (SSSR count). The van der Waals surface area contributed by atoms with E-state index in [0.717, 1.165) is 24.2 Å². The van der Waals surface area contributed by atoms with Gasteiger partial charge in [0, 0.05) is 44.7 Å². The van der Waals surface area contributed by atoms with Gasteiger partial charge in [-0.25, -0.2) is 0 Å². The number of imide groups is 1. The minimum absolute atomic E-state index is 0.00778. The molecule has 1 spiro atoms. The monoisotopic (exact) mass is 397 g/mol. The van der Waals surface area contributed by atoms with Crippen molar-refractivity contribution in [3.8, 4) is 0 Å². The molecule has 0 bridgehead atoms. The summed E-state index contributed by atoms with van der Waals surface area (Å²) in [6, 6.07) is 5.14. The average molecular weight is 397 g/mol. The number of hydrogen-bond acceptors (Lipinski definition) is 6. The van der Waals surface area contributed by atoms with E-state index in [0.29, 0.717) is 38.2 Å². The van der Waals surface area contributed by atoms with E-state index in [1.807, 2.05) is 18.2 Å². The lowest BCUT2D eigenvalue weighted by molar-refractivity contribution is -0.137. The molecule has 1 aromatic rings. The van der Waals surface area contributed by atoms with Crippen LogP contribution in [0.5, 0.6) is 0 Å². The molecule has 4 aliphatic heterocycles. The predicted octanol–water partition coefficient (Wildman–Crippen LogP) is -1.28. The number of rotatable bonds is 3. The minimum atomic E-state index is -0.622. The summed E-state index contributed by atoms with van der Waals surface area (Å²) in [4.78, 5) is 52.7. The maximum atomic E-state index is 13.2. The topological polar surface area (TPSA) is 111 Å². The van der Waals surface area contributed by atoms with Crippen molar-refractivity contribution in [1.82, 2.24) is 25.8 Å². The van der Waals surface area contributed by atoms with Crippen LogP contribution < -0.4 is 16.0 Å². The van der Waals surface area contributed by atoms with Gasteiger partial charge in [-0.3, -0.25) is 29.4 Å². The van der Waals surface area contributed by atoms with E-state index < -0.39 is 11.9 Å². The summed E-state index contributed by atoms with van der Waals surface area (Å²) in [7, 11) is 0. The summed E-state index contributed by atoms with van der Waals surface area (Å²) in [5.74, 6) is -0.881. The molecule has 3 N–H and O–H groups in total. The van der Waals surface area contributed by atoms with Crippen LogP contribution in [0.2, 0.25) is 0 Å². The molecule has 3 saturated heterocycles. The van der Waals surface area contributed by atoms with Crippen molar-refractivity contribution in [1.29, 1.82) is 0 Å². The van der Waals surface area contributed by atoms with Crippen molar-refractivity contribution in [2.24, 2.45) is 0 Å². The zero-order valence-electron chi connectivity index (χ0n) is 16.0. The molecule has 29 heavy (non-hydrogen) atoms. The van der Waals surface area contributed by atoms with Crippen LogP contribution in [0.4, 0.5) is 0 Å². The van der Waals surface area contributed by atoms with E-state index in [1.165, 1.54) is 0 Å². The maximum Gasteiger partial charge on any atom is 0.255 e. The number of fused-ring (bicyclic) bond motifs is 1. The molecule has 0 aromatic heterocycles. The van der Waals surface area contributed by atoms with E-state index in [9.17, 15) is 19.2 Å². The van der Waals surface area contributed by atoms with E-state index in [1.54, 1.807) is 4.90 Å². The summed E-state index contributed by atoms with van der Waals surface area (Å²) in [5, 5.41) is 8.56. The molecule has 1 aromatic carbocycles. The highest BCUT2D eigenvalue weighted by molar-refractivity contribution is 6.06. The van der Waals surface area contributed by atoms with Crippen molar-refractivity contribution in [2.45, 2.75) is 37.5 Å². The SMILES string of the molecule is O=C1CN(Cc2cccc3c2C(=O)N(C2CCC(=O)NC2=O)C3)C2(CNC2)CN1. The zero-order chi connectivity index (χ0) is 20.2. The molecule has 0 saturated carbocycles. The lowest BCUT2D eigenvalue weighted by Crippen LogP contribution is -2.76. The van der Waals surface area contributed by atoms with Gasteiger partial charge in [-0.2, -0.15) is 0 Å². The number of nitrogens with one attached hydrogen (secondary N) is 3. The largest absolute Gasteiger partial charge is 0.353 e. The van der Waals surface area contributed by atoms with Crippen LogP contribution in [-0.2, 0) is 27.5 Å². The van der Waals surface area contributed by atoms with Gasteiger partial charge >= 0.3 is 0 Å². The Morgan fingerprint density at radius 3 is 2.59 bits per heavy atom. The van der Waals surface area contributed by atoms with Crippen LogP contribution in [0.3, 0.4) is 0 Å². The Morgan fingerprint density at radius 1 is 1.03 bits per heavy atom. The second-order valence-corrected chi connectivity index (χ2v) is 8.31. The van der Waals surface area contributed by atoms with E-state index >= 15 is 0 Å². The van der Waals surface area contributed by atoms with Crippen LogP contribution in [0.1, 0.15) is 34.3 Å². The lowest BCUT2D eigenvalue weighted by atomic mass is 9.87. The Balaban J connectivity index is 1.41. The number of amides is 4. The van der Waals surface area contributed by atoms with Gasteiger partial charge in [-0.05, 0) is 17.5 Å². The van der Waals surface area contributed by atoms with Gasteiger partial charge in [-0.15, -0.1) is 0 Å². The molecule has 4 amide bonds. The van der Waals surface area contributed by atoms with Crippen LogP contribution in [0, 0.1) is 0 Å². The average Bonchev–Trinajstić information content (AvgIpc) is 2.98. The Bertz CT molecular complexity index is 925. The van der Waals surface area contributed by atoms with Crippen molar-refractivity contribution < 1.29 is 19.2 Å². The van der Waals surface area contributed by atoms with Crippen molar-refractivity contribution >= 4 is 23.6 Å². The highest BCUT2D eigenvalue weighted by Crippen LogP contribution is 2.32. The second-order valence-electron chi connectivity index (χ2n) is 8.31. The third-order valence-electron chi connectivity index (χ3n) is 6.53. The molecule has 4 aliphatic rings. The van der Waals surface area contributed by atoms with Crippen LogP contribution in [0.25, 0.3) is 0 Å². The second kappa shape index (κ2) is 6.64. The fraction of sp³-hybridized carbons (Fsp3) is 0.500. The Labute approximate surface area is 167 Å². The third kappa shape index (κ3) is 2.92. The predicted molar refractivity (Wildman–Crippen MR) is 102 cm³/mol. The number of hydrogen-bond donors (Lipinski definition) is 3. The highest BCUT2D eigenvalue weighted by atomic mass is 16.2. The number of piperidine rings is 1.